The summed E-state index contributed by atoms with van der Waals surface area (Å²) in [7, 11) is 1.08. The predicted octanol–water partition coefficient (Wildman–Crippen LogP) is 3.86. The Hall–Kier alpha value is 0.100. The van der Waals surface area contributed by atoms with Crippen molar-refractivity contribution in [3.05, 3.63) is 0 Å². The van der Waals surface area contributed by atoms with Crippen LogP contribution >= 0.6 is 8.58 Å². The second kappa shape index (κ2) is 7.39. The number of rotatable bonds is 8. The summed E-state index contributed by atoms with van der Waals surface area (Å²) in [6.45, 7) is 4.56. The molecule has 1 aliphatic rings. The first-order chi connectivity index (χ1) is 7.22. The Morgan fingerprint density at radius 2 is 2.13 bits per heavy atom. The molecule has 0 N–H and O–H groups in total. The molecule has 0 spiro atoms. The lowest BCUT2D eigenvalue weighted by Gasteiger charge is -2.27. The molecule has 0 aromatic heterocycles. The molecule has 0 saturated heterocycles. The first kappa shape index (κ1) is 13.2. The molecule has 0 heterocycles. The molecule has 88 valence electrons. The molecule has 0 amide bonds. The van der Waals surface area contributed by atoms with E-state index in [2.05, 4.69) is 13.8 Å². The summed E-state index contributed by atoms with van der Waals surface area (Å²) in [5.74, 6) is 1.25. The topological polar surface area (TPSA) is 17.1 Å². The van der Waals surface area contributed by atoms with Crippen molar-refractivity contribution >= 4 is 14.9 Å². The van der Waals surface area contributed by atoms with Gasteiger partial charge in [-0.25, -0.2) is 0 Å². The molecule has 2 heteroatoms. The fourth-order valence-electron chi connectivity index (χ4n) is 2.15. The van der Waals surface area contributed by atoms with Crippen molar-refractivity contribution < 1.29 is 4.79 Å². The van der Waals surface area contributed by atoms with Gasteiger partial charge >= 0.3 is 0 Å². The molecule has 1 nitrogen and oxygen atoms in total. The highest BCUT2D eigenvalue weighted by Crippen LogP contribution is 2.33. The standard InChI is InChI=1S/C13H25OP/c1-11(2)15-8-4-7-13(10-14)9-12-5-3-6-12/h10-13,15H,3-9H2,1-2H3. The Labute approximate surface area is 96.2 Å². The van der Waals surface area contributed by atoms with Gasteiger partial charge in [-0.05, 0) is 37.0 Å². The average molecular weight is 228 g/mol. The largest absolute Gasteiger partial charge is 0.303 e. The highest BCUT2D eigenvalue weighted by atomic mass is 31.1. The van der Waals surface area contributed by atoms with Crippen molar-refractivity contribution in [1.29, 1.82) is 0 Å². The second-order valence-electron chi connectivity index (χ2n) is 5.18. The van der Waals surface area contributed by atoms with E-state index < -0.39 is 0 Å². The van der Waals surface area contributed by atoms with Crippen molar-refractivity contribution in [3.63, 3.8) is 0 Å². The Morgan fingerprint density at radius 3 is 2.60 bits per heavy atom. The molecule has 1 saturated carbocycles. The summed E-state index contributed by atoms with van der Waals surface area (Å²) in [4.78, 5) is 10.9. The summed E-state index contributed by atoms with van der Waals surface area (Å²) in [6.07, 6.45) is 10.2. The fourth-order valence-corrected chi connectivity index (χ4v) is 3.14. The first-order valence-corrected chi connectivity index (χ1v) is 7.69. The van der Waals surface area contributed by atoms with Gasteiger partial charge in [-0.15, -0.1) is 8.58 Å². The molecule has 1 fully saturated rings. The molecule has 0 aromatic rings. The maximum Gasteiger partial charge on any atom is 0.123 e. The number of hydrogen-bond acceptors (Lipinski definition) is 1. The zero-order valence-electron chi connectivity index (χ0n) is 10.2. The van der Waals surface area contributed by atoms with E-state index in [1.165, 1.54) is 44.6 Å². The summed E-state index contributed by atoms with van der Waals surface area (Å²) in [5, 5.41) is 0. The maximum absolute atomic E-state index is 10.9. The molecule has 0 aliphatic heterocycles. The summed E-state index contributed by atoms with van der Waals surface area (Å²) >= 11 is 0. The van der Waals surface area contributed by atoms with Crippen molar-refractivity contribution in [2.24, 2.45) is 11.8 Å². The summed E-state index contributed by atoms with van der Waals surface area (Å²) < 4.78 is 0. The third-order valence-electron chi connectivity index (χ3n) is 3.36. The molecule has 2 atom stereocenters. The van der Waals surface area contributed by atoms with Gasteiger partial charge in [-0.3, -0.25) is 0 Å². The van der Waals surface area contributed by atoms with E-state index >= 15 is 0 Å². The third-order valence-corrected chi connectivity index (χ3v) is 4.82. The first-order valence-electron chi connectivity index (χ1n) is 6.41. The molecule has 1 aliphatic carbocycles. The molecule has 2 unspecified atom stereocenters. The van der Waals surface area contributed by atoms with Gasteiger partial charge in [-0.2, -0.15) is 0 Å². The van der Waals surface area contributed by atoms with E-state index in [1.54, 1.807) is 0 Å². The second-order valence-corrected chi connectivity index (χ2v) is 7.24. The Bertz CT molecular complexity index is 175. The lowest BCUT2D eigenvalue weighted by atomic mass is 9.78. The van der Waals surface area contributed by atoms with Crippen LogP contribution in [0.25, 0.3) is 0 Å². The Morgan fingerprint density at radius 1 is 1.40 bits per heavy atom. The van der Waals surface area contributed by atoms with Crippen LogP contribution in [0.1, 0.15) is 52.4 Å². The van der Waals surface area contributed by atoms with Crippen LogP contribution in [0, 0.1) is 11.8 Å². The average Bonchev–Trinajstić information content (AvgIpc) is 2.13. The van der Waals surface area contributed by atoms with E-state index in [-0.39, 0.29) is 0 Å². The normalized spacial score (nSPS) is 19.7. The van der Waals surface area contributed by atoms with Crippen LogP contribution in [0.3, 0.4) is 0 Å². The van der Waals surface area contributed by atoms with Gasteiger partial charge in [0.2, 0.25) is 0 Å². The van der Waals surface area contributed by atoms with Gasteiger partial charge in [0.05, 0.1) is 0 Å². The number of carbonyl (C=O) groups excluding carboxylic acids is 1. The summed E-state index contributed by atoms with van der Waals surface area (Å²) in [5.41, 5.74) is 0.839. The lowest BCUT2D eigenvalue weighted by molar-refractivity contribution is -0.112. The third kappa shape index (κ3) is 5.66. The minimum atomic E-state index is 0.368. The van der Waals surface area contributed by atoms with Gasteiger partial charge < -0.3 is 4.79 Å². The van der Waals surface area contributed by atoms with Gasteiger partial charge in [-0.1, -0.05) is 33.1 Å². The molecule has 15 heavy (non-hydrogen) atoms. The van der Waals surface area contributed by atoms with Gasteiger partial charge in [0.25, 0.3) is 0 Å². The van der Waals surface area contributed by atoms with Crippen molar-refractivity contribution in [2.45, 2.75) is 58.0 Å². The number of carbonyl (C=O) groups is 1. The van der Waals surface area contributed by atoms with Crippen LogP contribution in [-0.2, 0) is 4.79 Å². The van der Waals surface area contributed by atoms with Crippen LogP contribution in [-0.4, -0.2) is 18.1 Å². The van der Waals surface area contributed by atoms with E-state index in [0.717, 1.165) is 26.6 Å². The van der Waals surface area contributed by atoms with Crippen LogP contribution < -0.4 is 0 Å². The highest BCUT2D eigenvalue weighted by molar-refractivity contribution is 7.38. The molecule has 0 aromatic carbocycles. The predicted molar refractivity (Wildman–Crippen MR) is 69.1 cm³/mol. The number of aldehydes is 1. The van der Waals surface area contributed by atoms with E-state index in [4.69, 9.17) is 0 Å². The minimum Gasteiger partial charge on any atom is -0.303 e. The molecule has 0 bridgehead atoms. The zero-order valence-corrected chi connectivity index (χ0v) is 11.2. The van der Waals surface area contributed by atoms with Crippen molar-refractivity contribution in [2.75, 3.05) is 6.16 Å². The van der Waals surface area contributed by atoms with Crippen molar-refractivity contribution in [3.8, 4) is 0 Å². The van der Waals surface area contributed by atoms with Gasteiger partial charge in [0, 0.05) is 5.92 Å². The zero-order chi connectivity index (χ0) is 11.1. The van der Waals surface area contributed by atoms with E-state index in [9.17, 15) is 4.79 Å². The quantitative estimate of drug-likeness (QED) is 0.350. The fraction of sp³-hybridized carbons (Fsp3) is 0.923. The molecule has 0 radical (unpaired) electrons. The number of hydrogen-bond donors (Lipinski definition) is 0. The minimum absolute atomic E-state index is 0.368. The maximum atomic E-state index is 10.9. The van der Waals surface area contributed by atoms with Crippen LogP contribution in [0.2, 0.25) is 0 Å². The van der Waals surface area contributed by atoms with Gasteiger partial charge in [0.15, 0.2) is 0 Å². The summed E-state index contributed by atoms with van der Waals surface area (Å²) in [6, 6.07) is 0. The Balaban J connectivity index is 2.02. The van der Waals surface area contributed by atoms with E-state index in [0.29, 0.717) is 5.92 Å². The monoisotopic (exact) mass is 228 g/mol. The molecular formula is C13H25OP. The molecule has 1 rings (SSSR count). The Kier molecular flexibility index (Phi) is 6.48. The van der Waals surface area contributed by atoms with Crippen molar-refractivity contribution in [1.82, 2.24) is 0 Å². The van der Waals surface area contributed by atoms with E-state index in [1.807, 2.05) is 0 Å². The van der Waals surface area contributed by atoms with Gasteiger partial charge in [0.1, 0.15) is 6.29 Å². The SMILES string of the molecule is CC(C)PCCCC(C=O)CC1CCC1. The molecular weight excluding hydrogens is 203 g/mol. The van der Waals surface area contributed by atoms with Crippen LogP contribution in [0.15, 0.2) is 0 Å². The van der Waals surface area contributed by atoms with Crippen LogP contribution in [0.5, 0.6) is 0 Å². The van der Waals surface area contributed by atoms with Crippen LogP contribution in [0.4, 0.5) is 0 Å². The highest BCUT2D eigenvalue weighted by Gasteiger charge is 2.21. The lowest BCUT2D eigenvalue weighted by Crippen LogP contribution is -2.17. The smallest absolute Gasteiger partial charge is 0.123 e.